The zero-order chi connectivity index (χ0) is 7.77. The van der Waals surface area contributed by atoms with E-state index in [0.717, 1.165) is 53.3 Å². The molecule has 0 aliphatic heterocycles. The molecule has 0 heterocycles. The van der Waals surface area contributed by atoms with Gasteiger partial charge in [0, 0.05) is 11.8 Å². The van der Waals surface area contributed by atoms with Gasteiger partial charge < -0.3 is 0 Å². The van der Waals surface area contributed by atoms with Crippen LogP contribution in [0.4, 0.5) is 0 Å². The lowest BCUT2D eigenvalue weighted by Crippen LogP contribution is -2.56. The second-order valence-corrected chi connectivity index (χ2v) is 5.75. The Kier molecular flexibility index (Phi) is 0.500. The van der Waals surface area contributed by atoms with E-state index < -0.39 is 0 Å². The lowest BCUT2D eigenvalue weighted by Gasteiger charge is -2.58. The van der Waals surface area contributed by atoms with Gasteiger partial charge >= 0.3 is 0 Å². The van der Waals surface area contributed by atoms with E-state index in [4.69, 9.17) is 0 Å². The molecule has 9 atom stereocenters. The van der Waals surface area contributed by atoms with Crippen molar-refractivity contribution in [2.45, 2.75) is 0 Å². The number of hydrogen-bond donors (Lipinski definition) is 0. The van der Waals surface area contributed by atoms with Gasteiger partial charge in [0.15, 0.2) is 0 Å². The van der Waals surface area contributed by atoms with Crippen LogP contribution in [0.1, 0.15) is 0 Å². The first kappa shape index (κ1) is 5.36. The molecule has 6 aliphatic carbocycles. The summed E-state index contributed by atoms with van der Waals surface area (Å²) in [6.45, 7) is 8.67. The Balaban J connectivity index is 1.85. The number of rotatable bonds is 0. The van der Waals surface area contributed by atoms with Crippen LogP contribution in [0.15, 0.2) is 12.2 Å². The zero-order valence-electron chi connectivity index (χ0n) is 7.11. The SMILES string of the molecule is C=C1C2C3C4C1[C@@H]1C4C([CH2+])C3C21. The van der Waals surface area contributed by atoms with E-state index in [0.29, 0.717) is 0 Å². The number of hydrogen-bond acceptors (Lipinski definition) is 0. The second-order valence-electron chi connectivity index (χ2n) is 5.75. The highest BCUT2D eigenvalue weighted by atomic mass is 14.9. The topological polar surface area (TPSA) is 0 Å². The summed E-state index contributed by atoms with van der Waals surface area (Å²) in [5, 5.41) is 0. The van der Waals surface area contributed by atoms with Crippen molar-refractivity contribution < 1.29 is 0 Å². The smallest absolute Gasteiger partial charge is 0.0993 e. The van der Waals surface area contributed by atoms with Gasteiger partial charge in [-0.25, -0.2) is 0 Å². The second kappa shape index (κ2) is 1.12. The maximum Gasteiger partial charge on any atom is 0.102 e. The highest BCUT2D eigenvalue weighted by Crippen LogP contribution is 2.90. The van der Waals surface area contributed by atoms with Gasteiger partial charge in [0.2, 0.25) is 0 Å². The molecule has 6 rings (SSSR count). The molecule has 6 fully saturated rings. The molecule has 0 amide bonds. The highest BCUT2D eigenvalue weighted by molar-refractivity contribution is 5.45. The van der Waals surface area contributed by atoms with Crippen LogP contribution in [-0.4, -0.2) is 0 Å². The van der Waals surface area contributed by atoms with E-state index in [-0.39, 0.29) is 0 Å². The molecule has 4 bridgehead atoms. The predicted octanol–water partition coefficient (Wildman–Crippen LogP) is 1.99. The fourth-order valence-electron chi connectivity index (χ4n) is 6.29. The summed E-state index contributed by atoms with van der Waals surface area (Å²) in [6.07, 6.45) is 0. The van der Waals surface area contributed by atoms with Gasteiger partial charge in [-0.3, -0.25) is 0 Å². The van der Waals surface area contributed by atoms with Gasteiger partial charge in [-0.1, -0.05) is 12.2 Å². The van der Waals surface area contributed by atoms with Crippen molar-refractivity contribution in [3.8, 4) is 0 Å². The fraction of sp³-hybridized carbons (Fsp3) is 0.750. The van der Waals surface area contributed by atoms with E-state index in [1.54, 1.807) is 5.57 Å². The molecule has 0 aromatic heterocycles. The summed E-state index contributed by atoms with van der Waals surface area (Å²) in [4.78, 5) is 0. The lowest BCUT2D eigenvalue weighted by molar-refractivity contribution is -0.127. The molecule has 0 saturated heterocycles. The van der Waals surface area contributed by atoms with Gasteiger partial charge in [0.1, 0.15) is 5.92 Å². The minimum absolute atomic E-state index is 0.857. The molecule has 8 unspecified atom stereocenters. The summed E-state index contributed by atoms with van der Waals surface area (Å²) in [5.74, 6) is 9.33. The Bertz CT molecular complexity index is 279. The van der Waals surface area contributed by atoms with Gasteiger partial charge in [-0.15, -0.1) is 0 Å². The van der Waals surface area contributed by atoms with Crippen LogP contribution in [0.2, 0.25) is 0 Å². The van der Waals surface area contributed by atoms with Crippen molar-refractivity contribution in [2.24, 2.45) is 53.3 Å². The average Bonchev–Trinajstić information content (AvgIpc) is 2.42. The third-order valence-electron chi connectivity index (χ3n) is 6.17. The minimum atomic E-state index is 0.857. The zero-order valence-corrected chi connectivity index (χ0v) is 7.11. The first-order chi connectivity index (χ1) is 5.82. The molecule has 6 aliphatic rings. The molecule has 12 heavy (non-hydrogen) atoms. The fourth-order valence-corrected chi connectivity index (χ4v) is 6.29. The Hall–Kier alpha value is -0.390. The van der Waals surface area contributed by atoms with E-state index in [2.05, 4.69) is 13.5 Å². The van der Waals surface area contributed by atoms with Crippen LogP contribution in [0.5, 0.6) is 0 Å². The standard InChI is InChI=1S/C12H13/c1-3-5-9-7-4(2)8-11(9)6(3)12(8)10(5)7/h3,5-12H,1-2H2/q+1/t3?,5?,6?,7?,8?,9-,10?,11?,12?/m0/s1. The minimum Gasteiger partial charge on any atom is -0.0993 e. The Morgan fingerprint density at radius 2 is 1.25 bits per heavy atom. The van der Waals surface area contributed by atoms with Gasteiger partial charge in [0.25, 0.3) is 0 Å². The van der Waals surface area contributed by atoms with Crippen molar-refractivity contribution in [2.75, 3.05) is 0 Å². The third-order valence-corrected chi connectivity index (χ3v) is 6.17. The molecular weight excluding hydrogens is 144 g/mol. The maximum atomic E-state index is 4.37. The van der Waals surface area contributed by atoms with Crippen LogP contribution in [-0.2, 0) is 0 Å². The third kappa shape index (κ3) is 0.230. The monoisotopic (exact) mass is 157 g/mol. The van der Waals surface area contributed by atoms with Crippen molar-refractivity contribution >= 4 is 0 Å². The van der Waals surface area contributed by atoms with Crippen molar-refractivity contribution in [1.29, 1.82) is 0 Å². The molecule has 0 spiro atoms. The Morgan fingerprint density at radius 3 is 1.67 bits per heavy atom. The lowest BCUT2D eigenvalue weighted by atomic mass is 9.45. The van der Waals surface area contributed by atoms with E-state index >= 15 is 0 Å². The van der Waals surface area contributed by atoms with Gasteiger partial charge in [-0.2, -0.15) is 0 Å². The van der Waals surface area contributed by atoms with Crippen molar-refractivity contribution in [1.82, 2.24) is 0 Å². The molecule has 0 aromatic rings. The van der Waals surface area contributed by atoms with E-state index in [9.17, 15) is 0 Å². The summed E-state index contributed by atoms with van der Waals surface area (Å²) < 4.78 is 0. The molecule has 6 saturated carbocycles. The summed E-state index contributed by atoms with van der Waals surface area (Å²) >= 11 is 0. The molecule has 0 heteroatoms. The first-order valence-corrected chi connectivity index (χ1v) is 5.34. The van der Waals surface area contributed by atoms with E-state index in [1.807, 2.05) is 0 Å². The molecule has 0 nitrogen and oxygen atoms in total. The summed E-state index contributed by atoms with van der Waals surface area (Å²) in [7, 11) is 0. The summed E-state index contributed by atoms with van der Waals surface area (Å²) in [5.41, 5.74) is 1.67. The Morgan fingerprint density at radius 1 is 0.833 bits per heavy atom. The average molecular weight is 157 g/mol. The van der Waals surface area contributed by atoms with Crippen molar-refractivity contribution in [3.05, 3.63) is 19.1 Å². The normalized spacial score (nSPS) is 84.3. The van der Waals surface area contributed by atoms with Crippen LogP contribution >= 0.6 is 0 Å². The summed E-state index contributed by atoms with van der Waals surface area (Å²) in [6, 6.07) is 0. The molecule has 60 valence electrons. The van der Waals surface area contributed by atoms with Crippen molar-refractivity contribution in [3.63, 3.8) is 0 Å². The Labute approximate surface area is 73.0 Å². The van der Waals surface area contributed by atoms with Crippen LogP contribution in [0.3, 0.4) is 0 Å². The van der Waals surface area contributed by atoms with E-state index in [1.165, 1.54) is 0 Å². The highest BCUT2D eigenvalue weighted by Gasteiger charge is 2.88. The quantitative estimate of drug-likeness (QED) is 0.372. The largest absolute Gasteiger partial charge is 0.102 e. The molecule has 0 N–H and O–H groups in total. The molecule has 0 radical (unpaired) electrons. The van der Waals surface area contributed by atoms with Crippen LogP contribution in [0, 0.1) is 60.2 Å². The van der Waals surface area contributed by atoms with Crippen LogP contribution in [0.25, 0.3) is 0 Å². The van der Waals surface area contributed by atoms with Crippen LogP contribution < -0.4 is 0 Å². The molecular formula is C12H13+. The first-order valence-electron chi connectivity index (χ1n) is 5.34. The predicted molar refractivity (Wildman–Crippen MR) is 45.9 cm³/mol. The van der Waals surface area contributed by atoms with Gasteiger partial charge in [-0.05, 0) is 35.5 Å². The number of allylic oxidation sites excluding steroid dienone is 1. The van der Waals surface area contributed by atoms with Gasteiger partial charge in [0.05, 0.1) is 6.92 Å². The maximum absolute atomic E-state index is 4.37. The molecule has 0 aromatic carbocycles.